The van der Waals surface area contributed by atoms with Crippen LogP contribution in [0.3, 0.4) is 0 Å². The lowest BCUT2D eigenvalue weighted by molar-refractivity contribution is -0.149. The van der Waals surface area contributed by atoms with Crippen molar-refractivity contribution in [1.29, 1.82) is 0 Å². The Labute approximate surface area is 282 Å². The number of imidazole rings is 1. The number of benzene rings is 1. The quantitative estimate of drug-likeness (QED) is 0.162. The van der Waals surface area contributed by atoms with Gasteiger partial charge in [0.25, 0.3) is 5.56 Å². The van der Waals surface area contributed by atoms with Crippen molar-refractivity contribution in [2.24, 2.45) is 0 Å². The number of rotatable bonds is 14. The largest absolute Gasteiger partial charge is 0.449 e. The molecular weight excluding hydrogens is 629 g/mol. The van der Waals surface area contributed by atoms with Crippen LogP contribution in [0.15, 0.2) is 77.1 Å². The minimum absolute atomic E-state index is 0.0940. The minimum atomic E-state index is -0.499. The lowest BCUT2D eigenvalue weighted by atomic mass is 10.1. The van der Waals surface area contributed by atoms with E-state index in [1.807, 2.05) is 25.4 Å². The molecule has 5 heterocycles. The van der Waals surface area contributed by atoms with E-state index in [0.717, 1.165) is 72.8 Å². The van der Waals surface area contributed by atoms with E-state index in [0.29, 0.717) is 19.4 Å². The van der Waals surface area contributed by atoms with E-state index in [2.05, 4.69) is 34.3 Å². The first kappa shape index (κ1) is 33.8. The molecule has 0 amide bonds. The van der Waals surface area contributed by atoms with Gasteiger partial charge in [-0.05, 0) is 62.2 Å². The van der Waals surface area contributed by atoms with Gasteiger partial charge in [-0.2, -0.15) is 0 Å². The summed E-state index contributed by atoms with van der Waals surface area (Å²) in [4.78, 5) is 60.1. The number of hydrogen-bond acceptors (Lipinski definition) is 10. The van der Waals surface area contributed by atoms with Crippen LogP contribution in [0.5, 0.6) is 0 Å². The Morgan fingerprint density at radius 3 is 2.29 bits per heavy atom. The van der Waals surface area contributed by atoms with Crippen LogP contribution in [0.4, 0.5) is 4.39 Å². The van der Waals surface area contributed by atoms with Gasteiger partial charge >= 0.3 is 11.7 Å². The van der Waals surface area contributed by atoms with Gasteiger partial charge in [-0.1, -0.05) is 6.92 Å². The summed E-state index contributed by atoms with van der Waals surface area (Å²) >= 11 is 0. The van der Waals surface area contributed by atoms with Crippen molar-refractivity contribution in [3.8, 4) is 22.5 Å². The Balaban J connectivity index is 0.949. The lowest BCUT2D eigenvalue weighted by Gasteiger charge is -2.34. The third-order valence-corrected chi connectivity index (χ3v) is 8.71. The summed E-state index contributed by atoms with van der Waals surface area (Å²) in [7, 11) is 0. The molecule has 0 atom stereocenters. The van der Waals surface area contributed by atoms with Crippen LogP contribution in [0.1, 0.15) is 32.6 Å². The van der Waals surface area contributed by atoms with Crippen LogP contribution in [0, 0.1) is 5.82 Å². The highest BCUT2D eigenvalue weighted by molar-refractivity contribution is 5.78. The summed E-state index contributed by atoms with van der Waals surface area (Å²) in [6, 6.07) is 10.3. The second kappa shape index (κ2) is 15.9. The van der Waals surface area contributed by atoms with Gasteiger partial charge in [-0.15, -0.1) is 0 Å². The van der Waals surface area contributed by atoms with Gasteiger partial charge in [0.15, 0.2) is 11.2 Å². The maximum atomic E-state index is 13.6. The fourth-order valence-electron chi connectivity index (χ4n) is 6.16. The average Bonchev–Trinajstić information content (AvgIpc) is 3.55. The predicted octanol–water partition coefficient (Wildman–Crippen LogP) is 3.42. The standard InChI is InChI=1S/C35H40FN9O4/c1-2-16-44-33-31(38-14-15-39-33)34(47)45(35(44)48)19-3-5-29(46)49-25-42-22-20-41(21-23-42)17-4-18-43-24-40-30(26-6-8-28(36)9-7-26)32(43)27-10-12-37-13-11-27/h6-15,24H,2-5,16-23,25H2,1H3. The number of ether oxygens (including phenoxy) is 1. The molecule has 0 N–H and O–H groups in total. The van der Waals surface area contributed by atoms with Crippen molar-refractivity contribution >= 4 is 17.1 Å². The SMILES string of the molecule is CCCn1c(=O)n(CCCC(=O)OCN2CCN(CCCn3cnc(-c4ccc(F)cc4)c3-c3ccncc3)CC2)c(=O)c2nccnc21. The molecule has 256 valence electrons. The van der Waals surface area contributed by atoms with Gasteiger partial charge in [-0.3, -0.25) is 28.6 Å². The first-order chi connectivity index (χ1) is 23.9. The van der Waals surface area contributed by atoms with E-state index in [9.17, 15) is 18.8 Å². The van der Waals surface area contributed by atoms with E-state index in [1.165, 1.54) is 29.1 Å². The fraction of sp³-hybridized carbons (Fsp3) is 0.400. The van der Waals surface area contributed by atoms with Crippen LogP contribution in [0.25, 0.3) is 33.7 Å². The Kier molecular flexibility index (Phi) is 11.0. The van der Waals surface area contributed by atoms with Crippen molar-refractivity contribution in [2.75, 3.05) is 39.5 Å². The maximum absolute atomic E-state index is 13.6. The fourth-order valence-corrected chi connectivity index (χ4v) is 6.16. The molecule has 0 unspecified atom stereocenters. The van der Waals surface area contributed by atoms with Crippen molar-refractivity contribution in [1.82, 2.24) is 43.4 Å². The first-order valence-corrected chi connectivity index (χ1v) is 16.7. The van der Waals surface area contributed by atoms with Crippen LogP contribution in [-0.2, 0) is 29.2 Å². The molecule has 13 nitrogen and oxygen atoms in total. The zero-order chi connectivity index (χ0) is 34.2. The number of esters is 1. The van der Waals surface area contributed by atoms with Crippen molar-refractivity contribution in [3.63, 3.8) is 0 Å². The molecule has 4 aromatic heterocycles. The molecule has 1 saturated heterocycles. The number of carbonyl (C=O) groups is 1. The van der Waals surface area contributed by atoms with Gasteiger partial charge in [0.2, 0.25) is 0 Å². The third kappa shape index (κ3) is 7.98. The second-order valence-electron chi connectivity index (χ2n) is 12.1. The number of halogens is 1. The zero-order valence-electron chi connectivity index (χ0n) is 27.6. The molecule has 0 bridgehead atoms. The molecule has 1 fully saturated rings. The topological polar surface area (TPSA) is 133 Å². The van der Waals surface area contributed by atoms with Gasteiger partial charge in [0, 0.05) is 88.1 Å². The number of aryl methyl sites for hydroxylation is 2. The van der Waals surface area contributed by atoms with E-state index in [4.69, 9.17) is 4.74 Å². The van der Waals surface area contributed by atoms with Gasteiger partial charge < -0.3 is 14.2 Å². The summed E-state index contributed by atoms with van der Waals surface area (Å²) in [6.07, 6.45) is 10.3. The summed E-state index contributed by atoms with van der Waals surface area (Å²) < 4.78 is 23.9. The van der Waals surface area contributed by atoms with Crippen LogP contribution in [-0.4, -0.2) is 88.9 Å². The van der Waals surface area contributed by atoms with Crippen molar-refractivity contribution < 1.29 is 13.9 Å². The predicted molar refractivity (Wildman–Crippen MR) is 182 cm³/mol. The molecule has 49 heavy (non-hydrogen) atoms. The third-order valence-electron chi connectivity index (χ3n) is 8.71. The molecule has 1 aliphatic rings. The molecule has 6 rings (SSSR count). The Hall–Kier alpha value is -5.08. The molecule has 0 saturated carbocycles. The summed E-state index contributed by atoms with van der Waals surface area (Å²) in [5.74, 6) is -0.648. The number of hydrogen-bond donors (Lipinski definition) is 0. The Bertz CT molecular complexity index is 1990. The Morgan fingerprint density at radius 1 is 0.796 bits per heavy atom. The highest BCUT2D eigenvalue weighted by Crippen LogP contribution is 2.31. The van der Waals surface area contributed by atoms with E-state index < -0.39 is 11.2 Å². The summed E-state index contributed by atoms with van der Waals surface area (Å²) in [6.45, 7) is 7.62. The number of aromatic nitrogens is 7. The first-order valence-electron chi connectivity index (χ1n) is 16.7. The highest BCUT2D eigenvalue weighted by atomic mass is 19.1. The molecule has 5 aromatic rings. The maximum Gasteiger partial charge on any atom is 0.332 e. The summed E-state index contributed by atoms with van der Waals surface area (Å²) in [5.41, 5.74) is 3.12. The van der Waals surface area contributed by atoms with Crippen LogP contribution >= 0.6 is 0 Å². The van der Waals surface area contributed by atoms with Crippen molar-refractivity contribution in [3.05, 3.63) is 94.2 Å². The van der Waals surface area contributed by atoms with E-state index in [1.54, 1.807) is 24.5 Å². The van der Waals surface area contributed by atoms with Gasteiger partial charge in [0.1, 0.15) is 12.5 Å². The normalized spacial score (nSPS) is 14.0. The molecule has 1 aromatic carbocycles. The average molecular weight is 670 g/mol. The number of fused-ring (bicyclic) bond motifs is 1. The molecular formula is C35H40FN9O4. The zero-order valence-corrected chi connectivity index (χ0v) is 27.6. The van der Waals surface area contributed by atoms with Crippen molar-refractivity contribution in [2.45, 2.75) is 52.2 Å². The van der Waals surface area contributed by atoms with Gasteiger partial charge in [0.05, 0.1) is 17.7 Å². The Morgan fingerprint density at radius 2 is 1.53 bits per heavy atom. The minimum Gasteiger partial charge on any atom is -0.449 e. The number of pyridine rings is 1. The smallest absolute Gasteiger partial charge is 0.332 e. The lowest BCUT2D eigenvalue weighted by Crippen LogP contribution is -2.47. The second-order valence-corrected chi connectivity index (χ2v) is 12.1. The van der Waals surface area contributed by atoms with E-state index >= 15 is 0 Å². The molecule has 0 spiro atoms. The van der Waals surface area contributed by atoms with Crippen LogP contribution < -0.4 is 11.2 Å². The number of piperazine rings is 1. The molecule has 14 heteroatoms. The molecule has 1 aliphatic heterocycles. The highest BCUT2D eigenvalue weighted by Gasteiger charge is 2.20. The van der Waals surface area contributed by atoms with Gasteiger partial charge in [-0.25, -0.2) is 24.1 Å². The summed E-state index contributed by atoms with van der Waals surface area (Å²) in [5, 5.41) is 0. The number of carbonyl (C=O) groups excluding carboxylic acids is 1. The monoisotopic (exact) mass is 669 g/mol. The molecule has 0 radical (unpaired) electrons. The van der Waals surface area contributed by atoms with E-state index in [-0.39, 0.29) is 42.6 Å². The number of nitrogens with zero attached hydrogens (tertiary/aromatic N) is 9. The van der Waals surface area contributed by atoms with Crippen LogP contribution in [0.2, 0.25) is 0 Å². The molecule has 0 aliphatic carbocycles.